The highest BCUT2D eigenvalue weighted by Gasteiger charge is 2.15. The fourth-order valence-corrected chi connectivity index (χ4v) is 2.49. The topological polar surface area (TPSA) is 126 Å². The SMILES string of the molecule is Cc1[nH]ncc1CNS(=O)(=O)c1ccnc(NN)c1. The molecule has 9 heteroatoms. The molecule has 0 aromatic carbocycles. The first-order chi connectivity index (χ1) is 9.03. The number of nitrogens with one attached hydrogen (secondary N) is 3. The number of hydrazine groups is 1. The minimum atomic E-state index is -3.61. The predicted molar refractivity (Wildman–Crippen MR) is 69.4 cm³/mol. The van der Waals surface area contributed by atoms with Crippen LogP contribution in [0, 0.1) is 6.92 Å². The third-order valence-corrected chi connectivity index (χ3v) is 3.98. The molecule has 0 bridgehead atoms. The average molecular weight is 282 g/mol. The summed E-state index contributed by atoms with van der Waals surface area (Å²) in [6, 6.07) is 2.75. The molecule has 0 saturated heterocycles. The molecule has 19 heavy (non-hydrogen) atoms. The summed E-state index contributed by atoms with van der Waals surface area (Å²) in [4.78, 5) is 3.95. The molecular weight excluding hydrogens is 268 g/mol. The van der Waals surface area contributed by atoms with Crippen molar-refractivity contribution in [2.45, 2.75) is 18.4 Å². The highest BCUT2D eigenvalue weighted by molar-refractivity contribution is 7.89. The van der Waals surface area contributed by atoms with Gasteiger partial charge < -0.3 is 5.43 Å². The Hall–Kier alpha value is -1.97. The molecule has 0 aliphatic rings. The van der Waals surface area contributed by atoms with E-state index in [4.69, 9.17) is 5.84 Å². The van der Waals surface area contributed by atoms with Crippen molar-refractivity contribution in [1.29, 1.82) is 0 Å². The van der Waals surface area contributed by atoms with E-state index in [2.05, 4.69) is 25.3 Å². The molecule has 0 radical (unpaired) electrons. The molecule has 2 aromatic heterocycles. The van der Waals surface area contributed by atoms with Crippen molar-refractivity contribution in [3.05, 3.63) is 35.8 Å². The van der Waals surface area contributed by atoms with E-state index < -0.39 is 10.0 Å². The first-order valence-electron chi connectivity index (χ1n) is 5.44. The van der Waals surface area contributed by atoms with Crippen LogP contribution in [0.1, 0.15) is 11.3 Å². The summed E-state index contributed by atoms with van der Waals surface area (Å²) >= 11 is 0. The Morgan fingerprint density at radius 1 is 1.47 bits per heavy atom. The Morgan fingerprint density at radius 2 is 2.26 bits per heavy atom. The fraction of sp³-hybridized carbons (Fsp3) is 0.200. The number of aromatic amines is 1. The van der Waals surface area contributed by atoms with Crippen LogP contribution in [0.5, 0.6) is 0 Å². The van der Waals surface area contributed by atoms with Gasteiger partial charge in [-0.15, -0.1) is 0 Å². The lowest BCUT2D eigenvalue weighted by Gasteiger charge is -2.07. The first-order valence-corrected chi connectivity index (χ1v) is 6.92. The average Bonchev–Trinajstić information content (AvgIpc) is 2.82. The quantitative estimate of drug-likeness (QED) is 0.447. The van der Waals surface area contributed by atoms with Gasteiger partial charge in [-0.2, -0.15) is 5.10 Å². The molecule has 102 valence electrons. The lowest BCUT2D eigenvalue weighted by atomic mass is 10.3. The minimum absolute atomic E-state index is 0.0941. The molecule has 2 rings (SSSR count). The molecule has 0 spiro atoms. The number of nitrogens with zero attached hydrogens (tertiary/aromatic N) is 2. The van der Waals surface area contributed by atoms with Crippen LogP contribution in [0.15, 0.2) is 29.4 Å². The van der Waals surface area contributed by atoms with E-state index in [-0.39, 0.29) is 17.3 Å². The summed E-state index contributed by atoms with van der Waals surface area (Å²) in [6.07, 6.45) is 2.95. The number of H-pyrrole nitrogens is 1. The molecule has 8 nitrogen and oxygen atoms in total. The monoisotopic (exact) mass is 282 g/mol. The summed E-state index contributed by atoms with van der Waals surface area (Å²) in [5.74, 6) is 5.47. The highest BCUT2D eigenvalue weighted by Crippen LogP contribution is 2.12. The van der Waals surface area contributed by atoms with Gasteiger partial charge in [0.15, 0.2) is 0 Å². The molecule has 0 atom stereocenters. The molecule has 0 aliphatic heterocycles. The minimum Gasteiger partial charge on any atom is -0.308 e. The van der Waals surface area contributed by atoms with Crippen LogP contribution in [0.2, 0.25) is 0 Å². The van der Waals surface area contributed by atoms with Crippen molar-refractivity contribution in [2.75, 3.05) is 5.43 Å². The highest BCUT2D eigenvalue weighted by atomic mass is 32.2. The second kappa shape index (κ2) is 5.34. The van der Waals surface area contributed by atoms with Gasteiger partial charge in [0.2, 0.25) is 10.0 Å². The molecule has 0 aliphatic carbocycles. The molecular formula is C10H14N6O2S. The third kappa shape index (κ3) is 3.08. The number of anilines is 1. The van der Waals surface area contributed by atoms with E-state index >= 15 is 0 Å². The fourth-order valence-electron chi connectivity index (χ4n) is 1.47. The Morgan fingerprint density at radius 3 is 2.89 bits per heavy atom. The van der Waals surface area contributed by atoms with Crippen molar-refractivity contribution in [3.63, 3.8) is 0 Å². The Balaban J connectivity index is 2.16. The Labute approximate surface area is 110 Å². The standard InChI is InChI=1S/C10H14N6O2S/c1-7-8(5-13-16-7)6-14-19(17,18)9-2-3-12-10(4-9)15-11/h2-5,14H,6,11H2,1H3,(H,12,15)(H,13,16). The largest absolute Gasteiger partial charge is 0.308 e. The molecule has 2 heterocycles. The molecule has 2 aromatic rings. The van der Waals surface area contributed by atoms with Gasteiger partial charge in [-0.25, -0.2) is 24.0 Å². The summed E-state index contributed by atoms with van der Waals surface area (Å²) in [5.41, 5.74) is 3.91. The van der Waals surface area contributed by atoms with Crippen molar-refractivity contribution in [1.82, 2.24) is 19.9 Å². The van der Waals surface area contributed by atoms with Gasteiger partial charge >= 0.3 is 0 Å². The van der Waals surface area contributed by atoms with E-state index in [9.17, 15) is 8.42 Å². The van der Waals surface area contributed by atoms with Gasteiger partial charge in [0.05, 0.1) is 11.1 Å². The van der Waals surface area contributed by atoms with Gasteiger partial charge in [0, 0.05) is 30.1 Å². The van der Waals surface area contributed by atoms with E-state index in [0.29, 0.717) is 0 Å². The van der Waals surface area contributed by atoms with Crippen LogP contribution in [0.25, 0.3) is 0 Å². The van der Waals surface area contributed by atoms with Crippen LogP contribution >= 0.6 is 0 Å². The number of hydrogen-bond donors (Lipinski definition) is 4. The Bertz CT molecular complexity index is 666. The third-order valence-electron chi connectivity index (χ3n) is 2.58. The maximum Gasteiger partial charge on any atom is 0.241 e. The second-order valence-electron chi connectivity index (χ2n) is 3.87. The van der Waals surface area contributed by atoms with Gasteiger partial charge in [-0.05, 0) is 13.0 Å². The number of aryl methyl sites for hydroxylation is 1. The van der Waals surface area contributed by atoms with Crippen LogP contribution in [0.4, 0.5) is 5.82 Å². The number of sulfonamides is 1. The van der Waals surface area contributed by atoms with Crippen molar-refractivity contribution in [3.8, 4) is 0 Å². The smallest absolute Gasteiger partial charge is 0.241 e. The maximum absolute atomic E-state index is 12.1. The maximum atomic E-state index is 12.1. The van der Waals surface area contributed by atoms with Crippen molar-refractivity contribution < 1.29 is 8.42 Å². The number of nitrogens with two attached hydrogens (primary N) is 1. The van der Waals surface area contributed by atoms with Crippen LogP contribution in [-0.2, 0) is 16.6 Å². The zero-order valence-corrected chi connectivity index (χ0v) is 11.0. The van der Waals surface area contributed by atoms with Gasteiger partial charge in [-0.1, -0.05) is 0 Å². The zero-order valence-electron chi connectivity index (χ0n) is 10.2. The normalized spacial score (nSPS) is 11.5. The number of aromatic nitrogens is 3. The zero-order chi connectivity index (χ0) is 13.9. The second-order valence-corrected chi connectivity index (χ2v) is 5.63. The van der Waals surface area contributed by atoms with E-state index in [1.54, 1.807) is 6.20 Å². The molecule has 0 saturated carbocycles. The number of pyridine rings is 1. The van der Waals surface area contributed by atoms with Crippen molar-refractivity contribution >= 4 is 15.8 Å². The van der Waals surface area contributed by atoms with Gasteiger partial charge in [0.1, 0.15) is 5.82 Å². The summed E-state index contributed by atoms with van der Waals surface area (Å²) < 4.78 is 26.6. The van der Waals surface area contributed by atoms with E-state index in [1.807, 2.05) is 6.92 Å². The van der Waals surface area contributed by atoms with E-state index in [0.717, 1.165) is 11.3 Å². The lowest BCUT2D eigenvalue weighted by Crippen LogP contribution is -2.23. The Kier molecular flexibility index (Phi) is 3.79. The predicted octanol–water partition coefficient (Wildman–Crippen LogP) is -0.123. The molecule has 0 unspecified atom stereocenters. The number of nitrogen functional groups attached to an aromatic ring is 1. The summed E-state index contributed by atoms with van der Waals surface area (Å²) in [7, 11) is -3.61. The first kappa shape index (κ1) is 13.5. The molecule has 5 N–H and O–H groups in total. The van der Waals surface area contributed by atoms with Gasteiger partial charge in [0.25, 0.3) is 0 Å². The molecule has 0 fully saturated rings. The lowest BCUT2D eigenvalue weighted by molar-refractivity contribution is 0.581. The van der Waals surface area contributed by atoms with Crippen LogP contribution < -0.4 is 16.0 Å². The number of hydrogen-bond acceptors (Lipinski definition) is 6. The van der Waals surface area contributed by atoms with Crippen LogP contribution in [0.3, 0.4) is 0 Å². The van der Waals surface area contributed by atoms with Crippen LogP contribution in [-0.4, -0.2) is 23.6 Å². The summed E-state index contributed by atoms with van der Waals surface area (Å²) in [6.45, 7) is 1.98. The number of rotatable bonds is 5. The van der Waals surface area contributed by atoms with E-state index in [1.165, 1.54) is 18.3 Å². The molecule has 0 amide bonds. The van der Waals surface area contributed by atoms with Gasteiger partial charge in [-0.3, -0.25) is 5.10 Å². The summed E-state index contributed by atoms with van der Waals surface area (Å²) in [5, 5.41) is 6.57. The van der Waals surface area contributed by atoms with Crippen molar-refractivity contribution in [2.24, 2.45) is 5.84 Å².